The van der Waals surface area contributed by atoms with Crippen molar-refractivity contribution in [2.24, 2.45) is 0 Å². The van der Waals surface area contributed by atoms with Crippen molar-refractivity contribution < 1.29 is 17.9 Å². The SMILES string of the molecule is Cc1ccc(S(=O)(=O)NCCC(=O)N2C[C@@H](C)O[C@@H](C)C2)cc1C. The maximum atomic E-state index is 12.3. The van der Waals surface area contributed by atoms with Crippen LogP contribution in [0.5, 0.6) is 0 Å². The molecule has 6 nitrogen and oxygen atoms in total. The Morgan fingerprint density at radius 2 is 1.83 bits per heavy atom. The molecule has 24 heavy (non-hydrogen) atoms. The second kappa shape index (κ2) is 7.63. The number of rotatable bonds is 5. The fourth-order valence-corrected chi connectivity index (χ4v) is 3.91. The first kappa shape index (κ1) is 18.9. The lowest BCUT2D eigenvalue weighted by atomic mass is 10.1. The van der Waals surface area contributed by atoms with E-state index in [1.54, 1.807) is 23.1 Å². The quantitative estimate of drug-likeness (QED) is 0.872. The summed E-state index contributed by atoms with van der Waals surface area (Å²) >= 11 is 0. The summed E-state index contributed by atoms with van der Waals surface area (Å²) in [5, 5.41) is 0. The van der Waals surface area contributed by atoms with Crippen LogP contribution in [0.25, 0.3) is 0 Å². The number of nitrogens with zero attached hydrogens (tertiary/aromatic N) is 1. The van der Waals surface area contributed by atoms with Crippen molar-refractivity contribution in [3.05, 3.63) is 29.3 Å². The number of amides is 1. The predicted molar refractivity (Wildman–Crippen MR) is 92.3 cm³/mol. The monoisotopic (exact) mass is 354 g/mol. The van der Waals surface area contributed by atoms with Crippen LogP contribution in [0, 0.1) is 13.8 Å². The van der Waals surface area contributed by atoms with Gasteiger partial charge in [-0.2, -0.15) is 0 Å². The van der Waals surface area contributed by atoms with Crippen LogP contribution in [0.3, 0.4) is 0 Å². The maximum Gasteiger partial charge on any atom is 0.240 e. The van der Waals surface area contributed by atoms with Crippen molar-refractivity contribution in [1.29, 1.82) is 0 Å². The Morgan fingerprint density at radius 3 is 2.42 bits per heavy atom. The van der Waals surface area contributed by atoms with E-state index in [1.165, 1.54) is 0 Å². The third-order valence-corrected chi connectivity index (χ3v) is 5.65. The zero-order valence-electron chi connectivity index (χ0n) is 14.7. The number of sulfonamides is 1. The number of morpholine rings is 1. The molecule has 0 aromatic heterocycles. The molecule has 0 aliphatic carbocycles. The van der Waals surface area contributed by atoms with Gasteiger partial charge in [0.05, 0.1) is 17.1 Å². The van der Waals surface area contributed by atoms with Crippen LogP contribution in [-0.4, -0.2) is 51.1 Å². The average molecular weight is 354 g/mol. The Bertz CT molecular complexity index is 693. The molecule has 1 fully saturated rings. The van der Waals surface area contributed by atoms with Crippen LogP contribution in [-0.2, 0) is 19.6 Å². The van der Waals surface area contributed by atoms with E-state index in [-0.39, 0.29) is 36.0 Å². The van der Waals surface area contributed by atoms with Gasteiger partial charge in [-0.15, -0.1) is 0 Å². The average Bonchev–Trinajstić information content (AvgIpc) is 2.48. The molecule has 0 saturated carbocycles. The van der Waals surface area contributed by atoms with E-state index in [0.717, 1.165) is 11.1 Å². The second-order valence-electron chi connectivity index (χ2n) is 6.45. The van der Waals surface area contributed by atoms with Crippen LogP contribution >= 0.6 is 0 Å². The standard InChI is InChI=1S/C17H26N2O4S/c1-12-5-6-16(9-13(12)2)24(21,22)18-8-7-17(20)19-10-14(3)23-15(4)11-19/h5-6,9,14-15,18H,7-8,10-11H2,1-4H3/t14-,15+. The molecule has 1 heterocycles. The van der Waals surface area contributed by atoms with Gasteiger partial charge in [0.1, 0.15) is 0 Å². The molecule has 2 atom stereocenters. The number of aryl methyl sites for hydroxylation is 2. The summed E-state index contributed by atoms with van der Waals surface area (Å²) in [6.45, 7) is 8.85. The van der Waals surface area contributed by atoms with Crippen LogP contribution in [0.4, 0.5) is 0 Å². The minimum atomic E-state index is -3.59. The zero-order valence-corrected chi connectivity index (χ0v) is 15.5. The summed E-state index contributed by atoms with van der Waals surface area (Å²) in [7, 11) is -3.59. The number of benzene rings is 1. The molecular weight excluding hydrogens is 328 g/mol. The second-order valence-corrected chi connectivity index (χ2v) is 8.22. The summed E-state index contributed by atoms with van der Waals surface area (Å²) in [5.41, 5.74) is 1.96. The Balaban J connectivity index is 1.90. The third kappa shape index (κ3) is 4.78. The Morgan fingerprint density at radius 1 is 1.21 bits per heavy atom. The number of carbonyl (C=O) groups excluding carboxylic acids is 1. The van der Waals surface area contributed by atoms with Crippen molar-refractivity contribution >= 4 is 15.9 Å². The summed E-state index contributed by atoms with van der Waals surface area (Å²) in [6.07, 6.45) is 0.151. The minimum Gasteiger partial charge on any atom is -0.372 e. The molecule has 0 spiro atoms. The van der Waals surface area contributed by atoms with Crippen molar-refractivity contribution in [3.63, 3.8) is 0 Å². The molecule has 1 aliphatic heterocycles. The molecule has 134 valence electrons. The summed E-state index contributed by atoms with van der Waals surface area (Å²) in [5.74, 6) is -0.0558. The lowest BCUT2D eigenvalue weighted by molar-refractivity contribution is -0.143. The molecule has 1 aromatic carbocycles. The van der Waals surface area contributed by atoms with Crippen LogP contribution in [0.2, 0.25) is 0 Å². The van der Waals surface area contributed by atoms with Gasteiger partial charge in [-0.25, -0.2) is 13.1 Å². The van der Waals surface area contributed by atoms with Gasteiger partial charge in [0.2, 0.25) is 15.9 Å². The van der Waals surface area contributed by atoms with Crippen molar-refractivity contribution in [3.8, 4) is 0 Å². The van der Waals surface area contributed by atoms with E-state index >= 15 is 0 Å². The molecule has 1 N–H and O–H groups in total. The number of carbonyl (C=O) groups is 1. The Labute approximate surface area is 144 Å². The molecule has 1 aliphatic rings. The molecule has 2 rings (SSSR count). The van der Waals surface area contributed by atoms with Gasteiger partial charge in [-0.1, -0.05) is 6.07 Å². The van der Waals surface area contributed by atoms with Gasteiger partial charge in [0, 0.05) is 26.1 Å². The topological polar surface area (TPSA) is 75.7 Å². The number of hydrogen-bond acceptors (Lipinski definition) is 4. The first-order chi connectivity index (χ1) is 11.2. The maximum absolute atomic E-state index is 12.3. The summed E-state index contributed by atoms with van der Waals surface area (Å²) in [6, 6.07) is 5.01. The first-order valence-corrected chi connectivity index (χ1v) is 9.67. The van der Waals surface area contributed by atoms with Gasteiger partial charge >= 0.3 is 0 Å². The summed E-state index contributed by atoms with van der Waals surface area (Å²) < 4.78 is 32.7. The van der Waals surface area contributed by atoms with Crippen molar-refractivity contribution in [2.75, 3.05) is 19.6 Å². The van der Waals surface area contributed by atoms with Gasteiger partial charge in [0.15, 0.2) is 0 Å². The fourth-order valence-electron chi connectivity index (χ4n) is 2.80. The molecule has 0 bridgehead atoms. The first-order valence-electron chi connectivity index (χ1n) is 8.19. The molecule has 1 saturated heterocycles. The Kier molecular flexibility index (Phi) is 6.01. The van der Waals surface area contributed by atoms with E-state index < -0.39 is 10.0 Å². The van der Waals surface area contributed by atoms with Crippen LogP contribution < -0.4 is 4.72 Å². The highest BCUT2D eigenvalue weighted by Crippen LogP contribution is 2.15. The van der Waals surface area contributed by atoms with E-state index in [4.69, 9.17) is 4.74 Å². The molecular formula is C17H26N2O4S. The van der Waals surface area contributed by atoms with Crippen LogP contribution in [0.15, 0.2) is 23.1 Å². The highest BCUT2D eigenvalue weighted by atomic mass is 32.2. The molecule has 7 heteroatoms. The van der Waals surface area contributed by atoms with E-state index in [2.05, 4.69) is 4.72 Å². The minimum absolute atomic E-state index is 0.00456. The predicted octanol–water partition coefficient (Wildman–Crippen LogP) is 1.61. The molecule has 1 aromatic rings. The van der Waals surface area contributed by atoms with Gasteiger partial charge in [0.25, 0.3) is 0 Å². The van der Waals surface area contributed by atoms with Gasteiger partial charge < -0.3 is 9.64 Å². The summed E-state index contributed by atoms with van der Waals surface area (Å²) in [4.78, 5) is 14.2. The van der Waals surface area contributed by atoms with E-state index in [9.17, 15) is 13.2 Å². The number of hydrogen-bond donors (Lipinski definition) is 1. The number of nitrogens with one attached hydrogen (secondary N) is 1. The van der Waals surface area contributed by atoms with Gasteiger partial charge in [-0.3, -0.25) is 4.79 Å². The third-order valence-electron chi connectivity index (χ3n) is 4.19. The number of ether oxygens (including phenoxy) is 1. The zero-order chi connectivity index (χ0) is 17.9. The largest absolute Gasteiger partial charge is 0.372 e. The molecule has 0 unspecified atom stereocenters. The smallest absolute Gasteiger partial charge is 0.240 e. The Hall–Kier alpha value is -1.44. The highest BCUT2D eigenvalue weighted by molar-refractivity contribution is 7.89. The molecule has 1 amide bonds. The highest BCUT2D eigenvalue weighted by Gasteiger charge is 2.25. The van der Waals surface area contributed by atoms with Crippen LogP contribution in [0.1, 0.15) is 31.4 Å². The fraction of sp³-hybridized carbons (Fsp3) is 0.588. The lowest BCUT2D eigenvalue weighted by Crippen LogP contribution is -2.48. The molecule has 0 radical (unpaired) electrons. The van der Waals surface area contributed by atoms with E-state index in [0.29, 0.717) is 13.1 Å². The lowest BCUT2D eigenvalue weighted by Gasteiger charge is -2.35. The van der Waals surface area contributed by atoms with Gasteiger partial charge in [-0.05, 0) is 51.0 Å². The van der Waals surface area contributed by atoms with Crippen molar-refractivity contribution in [2.45, 2.75) is 51.2 Å². The van der Waals surface area contributed by atoms with Crippen molar-refractivity contribution in [1.82, 2.24) is 9.62 Å². The van der Waals surface area contributed by atoms with E-state index in [1.807, 2.05) is 27.7 Å². The normalized spacial score (nSPS) is 21.8.